The molecule has 1 aliphatic heterocycles. The van der Waals surface area contributed by atoms with Gasteiger partial charge in [0, 0.05) is 35.4 Å². The first-order chi connectivity index (χ1) is 11.6. The largest absolute Gasteiger partial charge is 0.350 e. The number of hydrogen-bond donors (Lipinski definition) is 1. The van der Waals surface area contributed by atoms with E-state index in [9.17, 15) is 4.79 Å². The van der Waals surface area contributed by atoms with Crippen molar-refractivity contribution in [2.45, 2.75) is 30.8 Å². The van der Waals surface area contributed by atoms with E-state index in [1.807, 2.05) is 29.7 Å². The molecule has 1 amide bonds. The Labute approximate surface area is 156 Å². The summed E-state index contributed by atoms with van der Waals surface area (Å²) in [6.07, 6.45) is 3.09. The van der Waals surface area contributed by atoms with Gasteiger partial charge in [-0.15, -0.1) is 23.1 Å². The molecule has 0 fully saturated rings. The van der Waals surface area contributed by atoms with Gasteiger partial charge in [0.15, 0.2) is 0 Å². The summed E-state index contributed by atoms with van der Waals surface area (Å²) in [5.74, 6) is -0.101. The molecular formula is C18H21ClN2OS2. The van der Waals surface area contributed by atoms with Crippen LogP contribution in [0.25, 0.3) is 0 Å². The van der Waals surface area contributed by atoms with Gasteiger partial charge in [0.25, 0.3) is 5.91 Å². The maximum atomic E-state index is 12.5. The molecule has 3 rings (SSSR count). The average Bonchev–Trinajstić information content (AvgIpc) is 3.07. The summed E-state index contributed by atoms with van der Waals surface area (Å²) in [4.78, 5) is 17.4. The first-order valence-corrected chi connectivity index (χ1v) is 10.5. The van der Waals surface area contributed by atoms with Gasteiger partial charge in [0.1, 0.15) is 0 Å². The summed E-state index contributed by atoms with van der Waals surface area (Å²) in [5.41, 5.74) is 1.98. The predicted octanol–water partition coefficient (Wildman–Crippen LogP) is 4.30. The molecule has 0 radical (unpaired) electrons. The van der Waals surface area contributed by atoms with E-state index in [0.717, 1.165) is 24.4 Å². The maximum Gasteiger partial charge on any atom is 0.252 e. The van der Waals surface area contributed by atoms with E-state index in [1.54, 1.807) is 17.8 Å². The second kappa shape index (κ2) is 7.91. The Morgan fingerprint density at radius 1 is 1.46 bits per heavy atom. The van der Waals surface area contributed by atoms with Crippen LogP contribution in [-0.2, 0) is 13.0 Å². The van der Waals surface area contributed by atoms with E-state index >= 15 is 0 Å². The van der Waals surface area contributed by atoms with Crippen molar-refractivity contribution >= 4 is 40.6 Å². The molecule has 0 saturated carbocycles. The van der Waals surface area contributed by atoms with Crippen molar-refractivity contribution in [1.29, 1.82) is 0 Å². The number of amides is 1. The third-order valence-electron chi connectivity index (χ3n) is 4.44. The zero-order valence-electron chi connectivity index (χ0n) is 13.8. The molecule has 1 unspecified atom stereocenters. The van der Waals surface area contributed by atoms with Gasteiger partial charge < -0.3 is 5.32 Å². The van der Waals surface area contributed by atoms with Crippen molar-refractivity contribution in [2.75, 3.05) is 19.3 Å². The van der Waals surface area contributed by atoms with E-state index in [1.165, 1.54) is 10.4 Å². The predicted molar refractivity (Wildman–Crippen MR) is 103 cm³/mol. The van der Waals surface area contributed by atoms with Crippen molar-refractivity contribution in [3.8, 4) is 0 Å². The van der Waals surface area contributed by atoms with Crippen LogP contribution in [0.3, 0.4) is 0 Å². The van der Waals surface area contributed by atoms with Gasteiger partial charge in [-0.3, -0.25) is 9.69 Å². The standard InChI is InChI=1S/C18H21ClN2OS2/c1-12(21-7-5-17-13(11-21)6-8-24-17)10-20-18(22)15-9-14(23-2)3-4-16(15)19/h3-4,6,8-9,12H,5,7,10-11H2,1-2H3,(H,20,22). The monoisotopic (exact) mass is 380 g/mol. The highest BCUT2D eigenvalue weighted by Crippen LogP contribution is 2.25. The second-order valence-corrected chi connectivity index (χ2v) is 8.28. The first-order valence-electron chi connectivity index (χ1n) is 7.99. The number of benzene rings is 1. The lowest BCUT2D eigenvalue weighted by Gasteiger charge is -2.32. The molecule has 2 aromatic rings. The van der Waals surface area contributed by atoms with Gasteiger partial charge in [-0.25, -0.2) is 0 Å². The second-order valence-electron chi connectivity index (χ2n) is 5.99. The molecule has 0 bridgehead atoms. The summed E-state index contributed by atoms with van der Waals surface area (Å²) < 4.78 is 0. The van der Waals surface area contributed by atoms with Crippen LogP contribution in [0.15, 0.2) is 34.5 Å². The number of nitrogens with zero attached hydrogens (tertiary/aromatic N) is 1. The zero-order chi connectivity index (χ0) is 17.1. The van der Waals surface area contributed by atoms with E-state index in [4.69, 9.17) is 11.6 Å². The molecule has 3 nitrogen and oxygen atoms in total. The van der Waals surface area contributed by atoms with E-state index in [2.05, 4.69) is 28.6 Å². The molecule has 1 aliphatic rings. The van der Waals surface area contributed by atoms with Crippen LogP contribution < -0.4 is 5.32 Å². The molecule has 1 aromatic heterocycles. The summed E-state index contributed by atoms with van der Waals surface area (Å²) in [6.45, 7) is 4.81. The Kier molecular flexibility index (Phi) is 5.87. The van der Waals surface area contributed by atoms with E-state index < -0.39 is 0 Å². The molecule has 128 valence electrons. The fourth-order valence-corrected chi connectivity index (χ4v) is 4.45. The van der Waals surface area contributed by atoms with E-state index in [0.29, 0.717) is 23.2 Å². The Morgan fingerprint density at radius 2 is 2.29 bits per heavy atom. The van der Waals surface area contributed by atoms with Crippen LogP contribution in [0.5, 0.6) is 0 Å². The number of carbonyl (C=O) groups is 1. The molecule has 1 aromatic carbocycles. The highest BCUT2D eigenvalue weighted by molar-refractivity contribution is 7.98. The third kappa shape index (κ3) is 3.97. The Morgan fingerprint density at radius 3 is 3.08 bits per heavy atom. The lowest BCUT2D eigenvalue weighted by molar-refractivity contribution is 0.0932. The smallest absolute Gasteiger partial charge is 0.252 e. The zero-order valence-corrected chi connectivity index (χ0v) is 16.2. The Hall–Kier alpha value is -1.01. The molecule has 6 heteroatoms. The van der Waals surface area contributed by atoms with E-state index in [-0.39, 0.29) is 5.91 Å². The lowest BCUT2D eigenvalue weighted by Crippen LogP contribution is -2.44. The van der Waals surface area contributed by atoms with Crippen molar-refractivity contribution in [3.63, 3.8) is 0 Å². The van der Waals surface area contributed by atoms with Gasteiger partial charge >= 0.3 is 0 Å². The van der Waals surface area contributed by atoms with Crippen LogP contribution in [0.4, 0.5) is 0 Å². The number of fused-ring (bicyclic) bond motifs is 1. The normalized spacial score (nSPS) is 15.8. The minimum absolute atomic E-state index is 0.101. The average molecular weight is 381 g/mol. The van der Waals surface area contributed by atoms with Crippen molar-refractivity contribution in [1.82, 2.24) is 10.2 Å². The fraction of sp³-hybridized carbons (Fsp3) is 0.389. The summed E-state index contributed by atoms with van der Waals surface area (Å²) >= 11 is 9.63. The summed E-state index contributed by atoms with van der Waals surface area (Å²) in [6, 6.07) is 8.08. The number of thiophene rings is 1. The number of carbonyl (C=O) groups excluding carboxylic acids is 1. The number of rotatable bonds is 5. The molecule has 0 spiro atoms. The number of halogens is 1. The molecule has 0 aliphatic carbocycles. The number of nitrogens with one attached hydrogen (secondary N) is 1. The fourth-order valence-electron chi connectivity index (χ4n) is 2.92. The first kappa shape index (κ1) is 17.8. The molecule has 1 N–H and O–H groups in total. The minimum atomic E-state index is -0.101. The Balaban J connectivity index is 1.58. The van der Waals surface area contributed by atoms with Crippen LogP contribution >= 0.6 is 34.7 Å². The topological polar surface area (TPSA) is 32.3 Å². The third-order valence-corrected chi connectivity index (χ3v) is 6.51. The van der Waals surface area contributed by atoms with Gasteiger partial charge in [0.05, 0.1) is 10.6 Å². The van der Waals surface area contributed by atoms with Gasteiger partial charge in [-0.2, -0.15) is 0 Å². The van der Waals surface area contributed by atoms with Gasteiger partial charge in [-0.05, 0) is 54.8 Å². The highest BCUT2D eigenvalue weighted by Gasteiger charge is 2.22. The Bertz CT molecular complexity index is 732. The summed E-state index contributed by atoms with van der Waals surface area (Å²) in [5, 5.41) is 5.70. The molecule has 0 saturated heterocycles. The van der Waals surface area contributed by atoms with Gasteiger partial charge in [-0.1, -0.05) is 11.6 Å². The molecule has 24 heavy (non-hydrogen) atoms. The molecular weight excluding hydrogens is 360 g/mol. The SMILES string of the molecule is CSc1ccc(Cl)c(C(=O)NCC(C)N2CCc3sccc3C2)c1. The van der Waals surface area contributed by atoms with Crippen molar-refractivity contribution in [3.05, 3.63) is 50.7 Å². The minimum Gasteiger partial charge on any atom is -0.350 e. The van der Waals surface area contributed by atoms with Crippen molar-refractivity contribution in [2.24, 2.45) is 0 Å². The molecule has 1 atom stereocenters. The van der Waals surface area contributed by atoms with Crippen LogP contribution in [0.2, 0.25) is 5.02 Å². The van der Waals surface area contributed by atoms with Crippen LogP contribution in [-0.4, -0.2) is 36.2 Å². The van der Waals surface area contributed by atoms with Gasteiger partial charge in [0.2, 0.25) is 0 Å². The summed E-state index contributed by atoms with van der Waals surface area (Å²) in [7, 11) is 0. The number of hydrogen-bond acceptors (Lipinski definition) is 4. The highest BCUT2D eigenvalue weighted by atomic mass is 35.5. The maximum absolute atomic E-state index is 12.5. The number of thioether (sulfide) groups is 1. The van der Waals surface area contributed by atoms with Crippen LogP contribution in [0, 0.1) is 0 Å². The molecule has 2 heterocycles. The van der Waals surface area contributed by atoms with Crippen LogP contribution in [0.1, 0.15) is 27.7 Å². The lowest BCUT2D eigenvalue weighted by atomic mass is 10.1. The quantitative estimate of drug-likeness (QED) is 0.785. The van der Waals surface area contributed by atoms with Crippen molar-refractivity contribution < 1.29 is 4.79 Å².